The van der Waals surface area contributed by atoms with Crippen molar-refractivity contribution in [2.45, 2.75) is 38.5 Å². The van der Waals surface area contributed by atoms with Crippen LogP contribution in [0.1, 0.15) is 37.3 Å². The van der Waals surface area contributed by atoms with Crippen LogP contribution in [0.3, 0.4) is 0 Å². The molecule has 112 valence electrons. The molecule has 2 rings (SSSR count). The molecule has 1 aliphatic rings. The topological polar surface area (TPSA) is 63.4 Å². The minimum absolute atomic E-state index is 0.0818. The molecule has 0 aromatic heterocycles. The largest absolute Gasteiger partial charge is 0.326 e. The third kappa shape index (κ3) is 3.81. The van der Waals surface area contributed by atoms with Crippen molar-refractivity contribution in [3.63, 3.8) is 0 Å². The average Bonchev–Trinajstić information content (AvgIpc) is 2.37. The van der Waals surface area contributed by atoms with Crippen LogP contribution in [-0.2, 0) is 22.3 Å². The molecule has 0 heterocycles. The van der Waals surface area contributed by atoms with Gasteiger partial charge in [-0.15, -0.1) is 0 Å². The van der Waals surface area contributed by atoms with E-state index >= 15 is 0 Å². The molecule has 20 heavy (non-hydrogen) atoms. The van der Waals surface area contributed by atoms with Crippen LogP contribution < -0.4 is 5.73 Å². The molecule has 0 amide bonds. The molecule has 1 fully saturated rings. The van der Waals surface area contributed by atoms with E-state index in [0.29, 0.717) is 25.6 Å². The third-order valence-electron chi connectivity index (χ3n) is 4.04. The van der Waals surface area contributed by atoms with Gasteiger partial charge in [0.15, 0.2) is 0 Å². The molecule has 5 heteroatoms. The molecule has 0 atom stereocenters. The molecule has 1 aromatic carbocycles. The van der Waals surface area contributed by atoms with Gasteiger partial charge in [0.05, 0.1) is 5.75 Å². The lowest BCUT2D eigenvalue weighted by molar-refractivity contribution is 0.250. The summed E-state index contributed by atoms with van der Waals surface area (Å²) in [4.78, 5) is 0. The second-order valence-corrected chi connectivity index (χ2v) is 7.49. The summed E-state index contributed by atoms with van der Waals surface area (Å²) in [5.74, 6) is 0.641. The fourth-order valence-electron chi connectivity index (χ4n) is 2.48. The second-order valence-electron chi connectivity index (χ2n) is 5.52. The molecule has 2 N–H and O–H groups in total. The van der Waals surface area contributed by atoms with E-state index in [4.69, 9.17) is 5.73 Å². The summed E-state index contributed by atoms with van der Waals surface area (Å²) in [7, 11) is -3.21. The van der Waals surface area contributed by atoms with E-state index in [2.05, 4.69) is 0 Å². The first-order valence-electron chi connectivity index (χ1n) is 7.31. The van der Waals surface area contributed by atoms with Gasteiger partial charge in [0.25, 0.3) is 0 Å². The van der Waals surface area contributed by atoms with Crippen molar-refractivity contribution in [2.24, 2.45) is 11.7 Å². The molecular formula is C15H24N2O2S. The summed E-state index contributed by atoms with van der Waals surface area (Å²) in [5, 5.41) is 0. The smallest absolute Gasteiger partial charge is 0.218 e. The summed E-state index contributed by atoms with van der Waals surface area (Å²) >= 11 is 0. The van der Waals surface area contributed by atoms with Crippen molar-refractivity contribution in [1.82, 2.24) is 4.31 Å². The van der Waals surface area contributed by atoms with Crippen LogP contribution in [0.4, 0.5) is 0 Å². The lowest BCUT2D eigenvalue weighted by atomic mass is 9.85. The van der Waals surface area contributed by atoms with Gasteiger partial charge in [0.1, 0.15) is 0 Å². The first kappa shape index (κ1) is 15.5. The normalized spacial score (nSPS) is 16.4. The maximum atomic E-state index is 12.5. The van der Waals surface area contributed by atoms with Gasteiger partial charge in [-0.3, -0.25) is 0 Å². The van der Waals surface area contributed by atoms with Crippen LogP contribution in [0.2, 0.25) is 0 Å². The monoisotopic (exact) mass is 296 g/mol. The molecule has 1 aromatic rings. The minimum Gasteiger partial charge on any atom is -0.326 e. The van der Waals surface area contributed by atoms with Crippen LogP contribution in [0.5, 0.6) is 0 Å². The number of hydrogen-bond acceptors (Lipinski definition) is 3. The molecule has 0 aliphatic heterocycles. The predicted octanol–water partition coefficient (Wildman–Crippen LogP) is 2.10. The molecule has 0 spiro atoms. The Balaban J connectivity index is 2.03. The third-order valence-corrected chi connectivity index (χ3v) is 5.93. The quantitative estimate of drug-likeness (QED) is 0.838. The van der Waals surface area contributed by atoms with Crippen LogP contribution in [0, 0.1) is 5.92 Å². The van der Waals surface area contributed by atoms with E-state index in [1.54, 1.807) is 4.31 Å². The summed E-state index contributed by atoms with van der Waals surface area (Å²) in [6.07, 6.45) is 3.57. The van der Waals surface area contributed by atoms with Crippen molar-refractivity contribution in [2.75, 3.05) is 13.1 Å². The van der Waals surface area contributed by atoms with Crippen LogP contribution in [-0.4, -0.2) is 25.8 Å². The van der Waals surface area contributed by atoms with E-state index in [0.717, 1.165) is 24.0 Å². The van der Waals surface area contributed by atoms with Crippen molar-refractivity contribution < 1.29 is 8.42 Å². The summed E-state index contributed by atoms with van der Waals surface area (Å²) in [5.41, 5.74) is 7.40. The number of nitrogens with two attached hydrogens (primary N) is 1. The van der Waals surface area contributed by atoms with Crippen LogP contribution in [0.15, 0.2) is 24.3 Å². The number of rotatable bonds is 7. The number of nitrogens with zero attached hydrogens (tertiary/aromatic N) is 1. The van der Waals surface area contributed by atoms with Gasteiger partial charge in [-0.2, -0.15) is 0 Å². The summed E-state index contributed by atoms with van der Waals surface area (Å²) < 4.78 is 26.6. The van der Waals surface area contributed by atoms with E-state index < -0.39 is 10.0 Å². The minimum atomic E-state index is -3.21. The Morgan fingerprint density at radius 1 is 1.20 bits per heavy atom. The van der Waals surface area contributed by atoms with E-state index in [-0.39, 0.29) is 5.75 Å². The highest BCUT2D eigenvalue weighted by Crippen LogP contribution is 2.28. The number of hydrogen-bond donors (Lipinski definition) is 1. The summed E-state index contributed by atoms with van der Waals surface area (Å²) in [6, 6.07) is 7.51. The molecule has 4 nitrogen and oxygen atoms in total. The Morgan fingerprint density at radius 3 is 2.25 bits per heavy atom. The Hall–Kier alpha value is -0.910. The molecule has 1 aliphatic carbocycles. The van der Waals surface area contributed by atoms with Crippen LogP contribution >= 0.6 is 0 Å². The molecular weight excluding hydrogens is 272 g/mol. The van der Waals surface area contributed by atoms with E-state index in [1.807, 2.05) is 31.2 Å². The van der Waals surface area contributed by atoms with E-state index in [1.165, 1.54) is 6.42 Å². The standard InChI is InChI=1S/C15H24N2O2S/c1-2-17(11-14-4-3-5-14)20(18,19)12-15-8-6-13(10-16)7-9-15/h6-9,14H,2-5,10-12,16H2,1H3. The van der Waals surface area contributed by atoms with Crippen molar-refractivity contribution in [1.29, 1.82) is 0 Å². The van der Waals surface area contributed by atoms with Gasteiger partial charge in [0.2, 0.25) is 10.0 Å². The van der Waals surface area contributed by atoms with Gasteiger partial charge in [-0.05, 0) is 29.9 Å². The van der Waals surface area contributed by atoms with Gasteiger partial charge in [-0.25, -0.2) is 12.7 Å². The Kier molecular flexibility index (Phi) is 5.18. The number of sulfonamides is 1. The maximum absolute atomic E-state index is 12.5. The molecule has 0 bridgehead atoms. The zero-order valence-electron chi connectivity index (χ0n) is 12.1. The fourth-order valence-corrected chi connectivity index (χ4v) is 4.10. The fraction of sp³-hybridized carbons (Fsp3) is 0.600. The highest BCUT2D eigenvalue weighted by molar-refractivity contribution is 7.88. The second kappa shape index (κ2) is 6.70. The first-order chi connectivity index (χ1) is 9.55. The molecule has 0 saturated heterocycles. The number of benzene rings is 1. The zero-order valence-corrected chi connectivity index (χ0v) is 12.9. The molecule has 1 saturated carbocycles. The molecule has 0 unspecified atom stereocenters. The lowest BCUT2D eigenvalue weighted by Gasteiger charge is -2.31. The van der Waals surface area contributed by atoms with Crippen LogP contribution in [0.25, 0.3) is 0 Å². The van der Waals surface area contributed by atoms with Crippen molar-refractivity contribution in [3.05, 3.63) is 35.4 Å². The van der Waals surface area contributed by atoms with Crippen molar-refractivity contribution >= 4 is 10.0 Å². The highest BCUT2D eigenvalue weighted by atomic mass is 32.2. The van der Waals surface area contributed by atoms with Gasteiger partial charge >= 0.3 is 0 Å². The Labute approximate surface area is 122 Å². The van der Waals surface area contributed by atoms with E-state index in [9.17, 15) is 8.42 Å². The first-order valence-corrected chi connectivity index (χ1v) is 8.91. The molecule has 0 radical (unpaired) electrons. The van der Waals surface area contributed by atoms with Crippen molar-refractivity contribution in [3.8, 4) is 0 Å². The average molecular weight is 296 g/mol. The van der Waals surface area contributed by atoms with Gasteiger partial charge < -0.3 is 5.73 Å². The van der Waals surface area contributed by atoms with Gasteiger partial charge in [0, 0.05) is 19.6 Å². The Morgan fingerprint density at radius 2 is 1.80 bits per heavy atom. The SMILES string of the molecule is CCN(CC1CCC1)S(=O)(=O)Cc1ccc(CN)cc1. The summed E-state index contributed by atoms with van der Waals surface area (Å²) in [6.45, 7) is 3.63. The Bertz CT molecular complexity index is 521. The zero-order chi connectivity index (χ0) is 14.6. The maximum Gasteiger partial charge on any atom is 0.218 e. The lowest BCUT2D eigenvalue weighted by Crippen LogP contribution is -2.37. The van der Waals surface area contributed by atoms with Gasteiger partial charge in [-0.1, -0.05) is 37.6 Å². The highest BCUT2D eigenvalue weighted by Gasteiger charge is 2.27. The predicted molar refractivity (Wildman–Crippen MR) is 81.5 cm³/mol.